The maximum absolute atomic E-state index is 11.7. The fourth-order valence-electron chi connectivity index (χ4n) is 1.46. The molecule has 0 aliphatic heterocycles. The van der Waals surface area contributed by atoms with Crippen LogP contribution >= 0.6 is 34.8 Å². The first-order valence-electron chi connectivity index (χ1n) is 5.53. The van der Waals surface area contributed by atoms with Crippen molar-refractivity contribution in [3.8, 4) is 11.5 Å². The molecule has 0 aliphatic rings. The summed E-state index contributed by atoms with van der Waals surface area (Å²) < 4.78 is 8.23. The maximum atomic E-state index is 11.7. The zero-order valence-electron chi connectivity index (χ0n) is 10.8. The molecule has 0 heterocycles. The molecule has 0 spiro atoms. The van der Waals surface area contributed by atoms with Gasteiger partial charge in [0, 0.05) is 0 Å². The predicted octanol–water partition coefficient (Wildman–Crippen LogP) is 2.05. The van der Waals surface area contributed by atoms with E-state index in [4.69, 9.17) is 44.3 Å². The van der Waals surface area contributed by atoms with Crippen molar-refractivity contribution < 1.29 is 19.4 Å². The van der Waals surface area contributed by atoms with Crippen molar-refractivity contribution in [3.05, 3.63) is 23.8 Å². The van der Waals surface area contributed by atoms with Crippen molar-refractivity contribution >= 4 is 40.7 Å². The largest absolute Gasteiger partial charge is 0.493 e. The van der Waals surface area contributed by atoms with Crippen molar-refractivity contribution in [2.75, 3.05) is 14.2 Å². The van der Waals surface area contributed by atoms with E-state index in [9.17, 15) is 9.90 Å². The minimum absolute atomic E-state index is 0.00182. The van der Waals surface area contributed by atoms with E-state index in [0.29, 0.717) is 17.1 Å². The highest BCUT2D eigenvalue weighted by Gasteiger charge is 2.31. The number of nitrogens with one attached hydrogen (secondary N) is 1. The number of benzene rings is 1. The summed E-state index contributed by atoms with van der Waals surface area (Å²) in [4.78, 5) is 11.7. The lowest BCUT2D eigenvalue weighted by molar-refractivity contribution is -0.123. The summed E-state index contributed by atoms with van der Waals surface area (Å²) in [5.41, 5.74) is 0.664. The van der Waals surface area contributed by atoms with Gasteiger partial charge in [0.25, 0.3) is 0 Å². The van der Waals surface area contributed by atoms with Gasteiger partial charge in [-0.05, 0) is 17.7 Å². The van der Waals surface area contributed by atoms with Crippen LogP contribution in [0.3, 0.4) is 0 Å². The summed E-state index contributed by atoms with van der Waals surface area (Å²) in [5.74, 6) is 0.564. The molecular weight excluding hydrogens is 328 g/mol. The molecule has 0 saturated carbocycles. The lowest BCUT2D eigenvalue weighted by Gasteiger charge is -2.20. The maximum Gasteiger partial charge on any atom is 0.234 e. The van der Waals surface area contributed by atoms with Gasteiger partial charge in [-0.1, -0.05) is 40.9 Å². The Kier molecular flexibility index (Phi) is 6.20. The van der Waals surface area contributed by atoms with E-state index in [-0.39, 0.29) is 6.42 Å². The van der Waals surface area contributed by atoms with Gasteiger partial charge in [-0.3, -0.25) is 4.79 Å². The highest BCUT2D eigenvalue weighted by atomic mass is 35.6. The highest BCUT2D eigenvalue weighted by Crippen LogP contribution is 2.29. The number of carbonyl (C=O) groups is 1. The highest BCUT2D eigenvalue weighted by molar-refractivity contribution is 6.68. The number of aliphatic hydroxyl groups excluding tert-OH is 1. The van der Waals surface area contributed by atoms with Crippen molar-refractivity contribution in [2.45, 2.75) is 16.4 Å². The Morgan fingerprint density at radius 1 is 1.30 bits per heavy atom. The van der Waals surface area contributed by atoms with E-state index in [1.807, 2.05) is 0 Å². The van der Waals surface area contributed by atoms with Gasteiger partial charge in [0.1, 0.15) is 0 Å². The van der Waals surface area contributed by atoms with Gasteiger partial charge < -0.3 is 19.9 Å². The molecule has 0 aliphatic carbocycles. The molecule has 20 heavy (non-hydrogen) atoms. The second-order valence-corrected chi connectivity index (χ2v) is 6.25. The number of carbonyl (C=O) groups excluding carboxylic acids is 1. The van der Waals surface area contributed by atoms with Crippen LogP contribution in [0.2, 0.25) is 0 Å². The average Bonchev–Trinajstić information content (AvgIpc) is 2.37. The summed E-state index contributed by atoms with van der Waals surface area (Å²) >= 11 is 16.3. The Labute approximate surface area is 131 Å². The Morgan fingerprint density at radius 2 is 1.90 bits per heavy atom. The number of methoxy groups -OCH3 is 2. The molecule has 1 aromatic carbocycles. The zero-order valence-corrected chi connectivity index (χ0v) is 13.1. The van der Waals surface area contributed by atoms with E-state index < -0.39 is 15.9 Å². The van der Waals surface area contributed by atoms with Crippen LogP contribution in [-0.4, -0.2) is 35.3 Å². The third-order valence-electron chi connectivity index (χ3n) is 2.42. The molecule has 5 nitrogen and oxygen atoms in total. The van der Waals surface area contributed by atoms with Crippen molar-refractivity contribution in [2.24, 2.45) is 0 Å². The van der Waals surface area contributed by atoms with Gasteiger partial charge in [-0.2, -0.15) is 0 Å². The van der Waals surface area contributed by atoms with Gasteiger partial charge in [0.05, 0.1) is 20.6 Å². The summed E-state index contributed by atoms with van der Waals surface area (Å²) in [7, 11) is 3.01. The molecule has 112 valence electrons. The average molecular weight is 343 g/mol. The molecule has 0 aromatic heterocycles. The molecule has 1 atom stereocenters. The van der Waals surface area contributed by atoms with E-state index in [1.165, 1.54) is 14.2 Å². The molecule has 0 saturated heterocycles. The van der Waals surface area contributed by atoms with Gasteiger partial charge >= 0.3 is 0 Å². The first-order valence-corrected chi connectivity index (χ1v) is 6.66. The molecule has 0 bridgehead atoms. The minimum atomic E-state index is -1.98. The normalized spacial score (nSPS) is 12.7. The number of hydrogen-bond donors (Lipinski definition) is 2. The Morgan fingerprint density at radius 3 is 2.40 bits per heavy atom. The summed E-state index contributed by atoms with van der Waals surface area (Å²) in [5, 5.41) is 11.6. The fourth-order valence-corrected chi connectivity index (χ4v) is 1.63. The molecular formula is C12H14Cl3NO4. The quantitative estimate of drug-likeness (QED) is 0.635. The lowest BCUT2D eigenvalue weighted by atomic mass is 10.1. The van der Waals surface area contributed by atoms with Gasteiger partial charge in [-0.25, -0.2) is 0 Å². The molecule has 1 amide bonds. The van der Waals surface area contributed by atoms with Crippen LogP contribution in [0.15, 0.2) is 18.2 Å². The monoisotopic (exact) mass is 341 g/mol. The number of alkyl halides is 3. The number of rotatable bonds is 5. The van der Waals surface area contributed by atoms with E-state index in [0.717, 1.165) is 0 Å². The summed E-state index contributed by atoms with van der Waals surface area (Å²) in [6, 6.07) is 5.02. The third-order valence-corrected chi connectivity index (χ3v) is 3.04. The van der Waals surface area contributed by atoms with Crippen LogP contribution < -0.4 is 14.8 Å². The molecule has 0 unspecified atom stereocenters. The van der Waals surface area contributed by atoms with Crippen LogP contribution in [0, 0.1) is 0 Å². The Balaban J connectivity index is 2.71. The molecule has 0 radical (unpaired) electrons. The van der Waals surface area contributed by atoms with Crippen LogP contribution in [0.1, 0.15) is 5.56 Å². The Hall–Kier alpha value is -0.880. The van der Waals surface area contributed by atoms with Crippen molar-refractivity contribution in [1.29, 1.82) is 0 Å². The van der Waals surface area contributed by atoms with Gasteiger partial charge in [0.2, 0.25) is 9.70 Å². The number of amides is 1. The lowest BCUT2D eigenvalue weighted by Crippen LogP contribution is -2.44. The van der Waals surface area contributed by atoms with Crippen LogP contribution in [0.4, 0.5) is 0 Å². The number of aliphatic hydroxyl groups is 1. The SMILES string of the molecule is COc1ccc(CC(=O)N[C@@H](O)C(Cl)(Cl)Cl)cc1OC. The molecule has 0 fully saturated rings. The van der Waals surface area contributed by atoms with Gasteiger partial charge in [0.15, 0.2) is 17.7 Å². The third kappa shape index (κ3) is 4.90. The molecule has 1 rings (SSSR count). The van der Waals surface area contributed by atoms with Crippen molar-refractivity contribution in [3.63, 3.8) is 0 Å². The molecule has 2 N–H and O–H groups in total. The summed E-state index contributed by atoms with van der Waals surface area (Å²) in [6.45, 7) is 0. The number of ether oxygens (including phenoxy) is 2. The fraction of sp³-hybridized carbons (Fsp3) is 0.417. The second-order valence-electron chi connectivity index (χ2n) is 3.88. The predicted molar refractivity (Wildman–Crippen MR) is 77.7 cm³/mol. The smallest absolute Gasteiger partial charge is 0.234 e. The standard InChI is InChI=1S/C12H14Cl3NO4/c1-19-8-4-3-7(5-9(8)20-2)6-10(17)16-11(18)12(13,14)15/h3-5,11,18H,6H2,1-2H3,(H,16,17)/t11-/m0/s1. The van der Waals surface area contributed by atoms with Crippen LogP contribution in [-0.2, 0) is 11.2 Å². The van der Waals surface area contributed by atoms with E-state index in [1.54, 1.807) is 18.2 Å². The van der Waals surface area contributed by atoms with Crippen molar-refractivity contribution in [1.82, 2.24) is 5.32 Å². The first kappa shape index (κ1) is 17.2. The zero-order chi connectivity index (χ0) is 15.3. The topological polar surface area (TPSA) is 67.8 Å². The number of hydrogen-bond acceptors (Lipinski definition) is 4. The van der Waals surface area contributed by atoms with E-state index in [2.05, 4.69) is 5.32 Å². The van der Waals surface area contributed by atoms with Gasteiger partial charge in [-0.15, -0.1) is 0 Å². The second kappa shape index (κ2) is 7.22. The minimum Gasteiger partial charge on any atom is -0.493 e. The number of halogens is 3. The molecule has 1 aromatic rings. The Bertz CT molecular complexity index is 476. The van der Waals surface area contributed by atoms with Crippen LogP contribution in [0.25, 0.3) is 0 Å². The summed E-state index contributed by atoms with van der Waals surface area (Å²) in [6.07, 6.45) is -1.59. The molecule has 8 heteroatoms. The first-order chi connectivity index (χ1) is 9.27. The van der Waals surface area contributed by atoms with E-state index >= 15 is 0 Å². The van der Waals surface area contributed by atoms with Crippen LogP contribution in [0.5, 0.6) is 11.5 Å².